The number of thioether (sulfide) groups is 1. The van der Waals surface area contributed by atoms with E-state index in [9.17, 15) is 0 Å². The highest BCUT2D eigenvalue weighted by Gasteiger charge is 1.71. The summed E-state index contributed by atoms with van der Waals surface area (Å²) in [6, 6.07) is 0. The van der Waals surface area contributed by atoms with Gasteiger partial charge in [-0.15, -0.1) is 11.8 Å². The van der Waals surface area contributed by atoms with Gasteiger partial charge in [0, 0.05) is 5.75 Å². The fraction of sp³-hybridized carbons (Fsp3) is 0.500. The molecule has 0 aromatic heterocycles. The first-order valence-electron chi connectivity index (χ1n) is 2.67. The molecular weight excluding hydrogens is 118 g/mol. The molecule has 1 N–H and O–H groups in total. The summed E-state index contributed by atoms with van der Waals surface area (Å²) in [4.78, 5) is 0. The van der Waals surface area contributed by atoms with Crippen molar-refractivity contribution in [3.05, 3.63) is 12.2 Å². The molecule has 0 aliphatic carbocycles. The Balaban J connectivity index is 2.90. The van der Waals surface area contributed by atoms with Crippen molar-refractivity contribution in [3.63, 3.8) is 0 Å². The summed E-state index contributed by atoms with van der Waals surface area (Å²) in [5.41, 5.74) is 1.36. The Kier molecular flexibility index (Phi) is 6.56. The van der Waals surface area contributed by atoms with E-state index in [2.05, 4.69) is 19.1 Å². The number of hydrogen-bond donors (Lipinski definition) is 1. The second-order valence-electron chi connectivity index (χ2n) is 1.33. The van der Waals surface area contributed by atoms with Crippen LogP contribution >= 0.6 is 11.8 Å². The van der Waals surface area contributed by atoms with Crippen LogP contribution in [0.4, 0.5) is 0 Å². The van der Waals surface area contributed by atoms with Crippen molar-refractivity contribution in [2.75, 3.05) is 5.75 Å². The van der Waals surface area contributed by atoms with Crippen LogP contribution in [0.5, 0.6) is 0 Å². The molecule has 0 fully saturated rings. The summed E-state index contributed by atoms with van der Waals surface area (Å²) in [5, 5.41) is 6.64. The lowest BCUT2D eigenvalue weighted by Gasteiger charge is -1.81. The van der Waals surface area contributed by atoms with E-state index in [1.807, 2.05) is 0 Å². The highest BCUT2D eigenvalue weighted by molar-refractivity contribution is 8.12. The lowest BCUT2D eigenvalue weighted by Crippen LogP contribution is -1.66. The highest BCUT2D eigenvalue weighted by Crippen LogP contribution is 1.93. The van der Waals surface area contributed by atoms with Crippen LogP contribution in [0.15, 0.2) is 12.2 Å². The standard InChI is InChI=1S/C6H11NS/c1-2-3-4-5-8-6-7/h3-4,6-7H,2,5H2,1H3. The first kappa shape index (κ1) is 7.76. The average Bonchev–Trinajstić information content (AvgIpc) is 1.81. The maximum absolute atomic E-state index is 6.64. The minimum Gasteiger partial charge on any atom is -0.302 e. The van der Waals surface area contributed by atoms with E-state index in [1.54, 1.807) is 0 Å². The predicted octanol–water partition coefficient (Wildman–Crippen LogP) is 2.29. The summed E-state index contributed by atoms with van der Waals surface area (Å²) < 4.78 is 0. The summed E-state index contributed by atoms with van der Waals surface area (Å²) in [6.07, 6.45) is 5.28. The van der Waals surface area contributed by atoms with Gasteiger partial charge < -0.3 is 5.41 Å². The van der Waals surface area contributed by atoms with Gasteiger partial charge in [0.1, 0.15) is 0 Å². The first-order valence-corrected chi connectivity index (χ1v) is 3.72. The van der Waals surface area contributed by atoms with Crippen LogP contribution in [0, 0.1) is 5.41 Å². The molecule has 0 unspecified atom stereocenters. The predicted molar refractivity (Wildman–Crippen MR) is 40.7 cm³/mol. The minimum absolute atomic E-state index is 0.942. The molecule has 0 bridgehead atoms. The zero-order valence-electron chi connectivity index (χ0n) is 5.05. The first-order chi connectivity index (χ1) is 3.91. The van der Waals surface area contributed by atoms with Crippen molar-refractivity contribution in [1.29, 1.82) is 5.41 Å². The number of rotatable bonds is 4. The van der Waals surface area contributed by atoms with E-state index in [0.717, 1.165) is 12.2 Å². The molecule has 2 heteroatoms. The lowest BCUT2D eigenvalue weighted by molar-refractivity contribution is 1.22. The fourth-order valence-electron chi connectivity index (χ4n) is 0.338. The van der Waals surface area contributed by atoms with Crippen molar-refractivity contribution in [3.8, 4) is 0 Å². The van der Waals surface area contributed by atoms with E-state index in [1.165, 1.54) is 17.3 Å². The molecule has 0 rings (SSSR count). The zero-order valence-corrected chi connectivity index (χ0v) is 5.87. The Morgan fingerprint density at radius 1 is 1.50 bits per heavy atom. The van der Waals surface area contributed by atoms with E-state index < -0.39 is 0 Å². The van der Waals surface area contributed by atoms with Gasteiger partial charge in [-0.05, 0) is 6.42 Å². The number of allylic oxidation sites excluding steroid dienone is 1. The summed E-state index contributed by atoms with van der Waals surface area (Å²) >= 11 is 1.50. The van der Waals surface area contributed by atoms with Crippen molar-refractivity contribution in [2.24, 2.45) is 0 Å². The van der Waals surface area contributed by atoms with E-state index in [4.69, 9.17) is 5.41 Å². The van der Waals surface area contributed by atoms with Crippen LogP contribution in [0.1, 0.15) is 13.3 Å². The topological polar surface area (TPSA) is 23.9 Å². The van der Waals surface area contributed by atoms with Crippen LogP contribution in [-0.2, 0) is 0 Å². The third-order valence-electron chi connectivity index (χ3n) is 0.678. The maximum atomic E-state index is 6.64. The fourth-order valence-corrected chi connectivity index (χ4v) is 0.682. The number of hydrogen-bond acceptors (Lipinski definition) is 2. The second kappa shape index (κ2) is 6.76. The monoisotopic (exact) mass is 129 g/mol. The summed E-state index contributed by atoms with van der Waals surface area (Å²) in [6.45, 7) is 2.10. The Bertz CT molecular complexity index is 78.6. The minimum atomic E-state index is 0.942. The molecule has 0 heterocycles. The van der Waals surface area contributed by atoms with Crippen molar-refractivity contribution in [1.82, 2.24) is 0 Å². The van der Waals surface area contributed by atoms with Crippen LogP contribution in [0.3, 0.4) is 0 Å². The van der Waals surface area contributed by atoms with Gasteiger partial charge in [0.25, 0.3) is 0 Å². The van der Waals surface area contributed by atoms with Gasteiger partial charge >= 0.3 is 0 Å². The van der Waals surface area contributed by atoms with Crippen LogP contribution in [0.25, 0.3) is 0 Å². The SMILES string of the molecule is CCC=CCSC=N. The van der Waals surface area contributed by atoms with Crippen LogP contribution in [-0.4, -0.2) is 11.3 Å². The van der Waals surface area contributed by atoms with Gasteiger partial charge in [-0.3, -0.25) is 0 Å². The molecule has 0 aromatic rings. The Labute approximate surface area is 54.7 Å². The molecule has 0 amide bonds. The van der Waals surface area contributed by atoms with Crippen LogP contribution in [0.2, 0.25) is 0 Å². The quantitative estimate of drug-likeness (QED) is 0.268. The van der Waals surface area contributed by atoms with Gasteiger partial charge in [0.15, 0.2) is 0 Å². The van der Waals surface area contributed by atoms with Gasteiger partial charge in [0.2, 0.25) is 0 Å². The van der Waals surface area contributed by atoms with E-state index in [0.29, 0.717) is 0 Å². The third-order valence-corrected chi connectivity index (χ3v) is 1.23. The summed E-state index contributed by atoms with van der Waals surface area (Å²) in [7, 11) is 0. The highest BCUT2D eigenvalue weighted by atomic mass is 32.2. The molecule has 0 atom stereocenters. The van der Waals surface area contributed by atoms with Crippen molar-refractivity contribution >= 4 is 17.3 Å². The molecule has 8 heavy (non-hydrogen) atoms. The molecule has 46 valence electrons. The normalized spacial score (nSPS) is 10.1. The molecular formula is C6H11NS. The third kappa shape index (κ3) is 5.76. The molecule has 0 aliphatic rings. The molecule has 0 aliphatic heterocycles. The average molecular weight is 129 g/mol. The molecule has 0 spiro atoms. The van der Waals surface area contributed by atoms with Crippen molar-refractivity contribution in [2.45, 2.75) is 13.3 Å². The molecule has 0 radical (unpaired) electrons. The van der Waals surface area contributed by atoms with Crippen LogP contribution < -0.4 is 0 Å². The maximum Gasteiger partial charge on any atom is 0.0509 e. The van der Waals surface area contributed by atoms with Gasteiger partial charge in [0.05, 0.1) is 5.55 Å². The van der Waals surface area contributed by atoms with Gasteiger partial charge in [-0.2, -0.15) is 0 Å². The van der Waals surface area contributed by atoms with E-state index in [-0.39, 0.29) is 0 Å². The van der Waals surface area contributed by atoms with Gasteiger partial charge in [-0.25, -0.2) is 0 Å². The number of nitrogens with one attached hydrogen (secondary N) is 1. The molecule has 1 nitrogen and oxygen atoms in total. The molecule has 0 saturated carbocycles. The smallest absolute Gasteiger partial charge is 0.0509 e. The second-order valence-corrected chi connectivity index (χ2v) is 2.23. The lowest BCUT2D eigenvalue weighted by atomic mass is 10.4. The molecule has 0 aromatic carbocycles. The largest absolute Gasteiger partial charge is 0.302 e. The van der Waals surface area contributed by atoms with Crippen molar-refractivity contribution < 1.29 is 0 Å². The Morgan fingerprint density at radius 3 is 2.75 bits per heavy atom. The Hall–Kier alpha value is -0.240. The Morgan fingerprint density at radius 2 is 2.25 bits per heavy atom. The van der Waals surface area contributed by atoms with E-state index >= 15 is 0 Å². The van der Waals surface area contributed by atoms with Gasteiger partial charge in [-0.1, -0.05) is 19.1 Å². The molecule has 0 saturated heterocycles. The zero-order chi connectivity index (χ0) is 6.24. The summed E-state index contributed by atoms with van der Waals surface area (Å²) in [5.74, 6) is 0.942.